The summed E-state index contributed by atoms with van der Waals surface area (Å²) in [5.41, 5.74) is 0.155. The van der Waals surface area contributed by atoms with Crippen molar-refractivity contribution in [2.45, 2.75) is 18.9 Å². The molecule has 0 saturated heterocycles. The molecular weight excluding hydrogens is 308 g/mol. The van der Waals surface area contributed by atoms with Crippen molar-refractivity contribution in [3.63, 3.8) is 0 Å². The summed E-state index contributed by atoms with van der Waals surface area (Å²) in [4.78, 5) is 45.8. The normalized spacial score (nSPS) is 9.87. The molecule has 23 heavy (non-hydrogen) atoms. The van der Waals surface area contributed by atoms with E-state index in [0.717, 1.165) is 14.2 Å². The van der Waals surface area contributed by atoms with Gasteiger partial charge in [0.15, 0.2) is 0 Å². The van der Waals surface area contributed by atoms with E-state index in [1.54, 1.807) is 18.2 Å². The van der Waals surface area contributed by atoms with Crippen LogP contribution >= 0.6 is 0 Å². The lowest BCUT2D eigenvalue weighted by atomic mass is 10.2. The number of methoxy groups -OCH3 is 2. The molecule has 0 aliphatic heterocycles. The summed E-state index contributed by atoms with van der Waals surface area (Å²) in [5, 5.41) is 0. The van der Waals surface area contributed by atoms with E-state index >= 15 is 0 Å². The molecule has 1 rings (SSSR count). The Morgan fingerprint density at radius 1 is 0.913 bits per heavy atom. The van der Waals surface area contributed by atoms with Crippen molar-refractivity contribution < 1.29 is 38.1 Å². The van der Waals surface area contributed by atoms with Gasteiger partial charge in [-0.2, -0.15) is 0 Å². The fourth-order valence-corrected chi connectivity index (χ4v) is 1.56. The lowest BCUT2D eigenvalue weighted by Gasteiger charge is -2.15. The van der Waals surface area contributed by atoms with Gasteiger partial charge in [-0.15, -0.1) is 0 Å². The Kier molecular flexibility index (Phi) is 7.25. The van der Waals surface area contributed by atoms with E-state index in [-0.39, 0.29) is 18.4 Å². The molecule has 0 amide bonds. The lowest BCUT2D eigenvalue weighted by molar-refractivity contribution is -0.146. The van der Waals surface area contributed by atoms with Gasteiger partial charge in [0.1, 0.15) is 6.10 Å². The second-order valence-corrected chi connectivity index (χ2v) is 4.31. The second kappa shape index (κ2) is 9.19. The summed E-state index contributed by atoms with van der Waals surface area (Å²) in [6.07, 6.45) is -3.23. The Balaban J connectivity index is 2.63. The molecule has 0 aliphatic carbocycles. The van der Waals surface area contributed by atoms with Crippen molar-refractivity contribution in [1.29, 1.82) is 0 Å². The Morgan fingerprint density at radius 2 is 1.43 bits per heavy atom. The van der Waals surface area contributed by atoms with E-state index in [0.29, 0.717) is 0 Å². The third-order valence-corrected chi connectivity index (χ3v) is 2.69. The van der Waals surface area contributed by atoms with Gasteiger partial charge in [-0.3, -0.25) is 9.59 Å². The summed E-state index contributed by atoms with van der Waals surface area (Å²) in [5.74, 6) is -2.30. The zero-order valence-electron chi connectivity index (χ0n) is 12.6. The summed E-state index contributed by atoms with van der Waals surface area (Å²) < 4.78 is 18.2. The number of hydrogen-bond donors (Lipinski definition) is 0. The average Bonchev–Trinajstić information content (AvgIpc) is 2.54. The largest absolute Gasteiger partial charge is 0.516 e. The third kappa shape index (κ3) is 6.60. The standard InChI is InChI=1S/C15H16O8/c1-20-12(16)8-11(9-13(17)21-2)22-15(19)23-14(18)10-6-4-3-5-7-10/h3-7,11H,8-9H2,1-2H3. The lowest BCUT2D eigenvalue weighted by Crippen LogP contribution is -2.27. The maximum Gasteiger partial charge on any atom is 0.516 e. The highest BCUT2D eigenvalue weighted by molar-refractivity contribution is 5.95. The zero-order valence-corrected chi connectivity index (χ0v) is 12.6. The maximum absolute atomic E-state index is 11.7. The maximum atomic E-state index is 11.7. The van der Waals surface area contributed by atoms with Gasteiger partial charge in [0.05, 0.1) is 32.6 Å². The molecule has 0 N–H and O–H groups in total. The van der Waals surface area contributed by atoms with Crippen LogP contribution < -0.4 is 0 Å². The van der Waals surface area contributed by atoms with Gasteiger partial charge < -0.3 is 18.9 Å². The van der Waals surface area contributed by atoms with Crippen molar-refractivity contribution in [2.24, 2.45) is 0 Å². The molecule has 8 nitrogen and oxygen atoms in total. The minimum absolute atomic E-state index is 0.155. The Morgan fingerprint density at radius 3 is 1.91 bits per heavy atom. The van der Waals surface area contributed by atoms with Gasteiger partial charge in [0.25, 0.3) is 0 Å². The first-order chi connectivity index (χ1) is 11.0. The number of carbonyl (C=O) groups is 4. The highest BCUT2D eigenvalue weighted by atomic mass is 16.7. The topological polar surface area (TPSA) is 105 Å². The van der Waals surface area contributed by atoms with Crippen LogP contribution in [0.1, 0.15) is 23.2 Å². The van der Waals surface area contributed by atoms with Crippen molar-refractivity contribution in [3.05, 3.63) is 35.9 Å². The van der Waals surface area contributed by atoms with Crippen LogP contribution in [-0.2, 0) is 28.5 Å². The fourth-order valence-electron chi connectivity index (χ4n) is 1.56. The van der Waals surface area contributed by atoms with Crippen LogP contribution in [-0.4, -0.2) is 44.4 Å². The van der Waals surface area contributed by atoms with Gasteiger partial charge in [0.2, 0.25) is 0 Å². The Hall–Kier alpha value is -2.90. The second-order valence-electron chi connectivity index (χ2n) is 4.31. The SMILES string of the molecule is COC(=O)CC(CC(=O)OC)OC(=O)OC(=O)c1ccccc1. The zero-order chi connectivity index (χ0) is 17.2. The molecule has 0 unspecified atom stereocenters. The van der Waals surface area contributed by atoms with E-state index in [9.17, 15) is 19.2 Å². The van der Waals surface area contributed by atoms with Gasteiger partial charge in [-0.05, 0) is 12.1 Å². The highest BCUT2D eigenvalue weighted by Crippen LogP contribution is 2.10. The minimum atomic E-state index is -1.32. The monoisotopic (exact) mass is 324 g/mol. The minimum Gasteiger partial charge on any atom is -0.469 e. The number of ether oxygens (including phenoxy) is 4. The van der Waals surface area contributed by atoms with Crippen LogP contribution in [0, 0.1) is 0 Å². The predicted molar refractivity (Wildman–Crippen MR) is 75.4 cm³/mol. The smallest absolute Gasteiger partial charge is 0.469 e. The molecule has 0 bridgehead atoms. The molecular formula is C15H16O8. The summed E-state index contributed by atoms with van der Waals surface area (Å²) in [6, 6.07) is 7.79. The predicted octanol–water partition coefficient (Wildman–Crippen LogP) is 1.47. The Bertz CT molecular complexity index is 548. The van der Waals surface area contributed by atoms with E-state index < -0.39 is 30.2 Å². The van der Waals surface area contributed by atoms with Crippen LogP contribution in [0.25, 0.3) is 0 Å². The van der Waals surface area contributed by atoms with Gasteiger partial charge in [-0.25, -0.2) is 9.59 Å². The highest BCUT2D eigenvalue weighted by Gasteiger charge is 2.25. The summed E-state index contributed by atoms with van der Waals surface area (Å²) in [7, 11) is 2.30. The number of esters is 3. The van der Waals surface area contributed by atoms with E-state index in [4.69, 9.17) is 4.74 Å². The summed E-state index contributed by atoms with van der Waals surface area (Å²) >= 11 is 0. The molecule has 0 fully saturated rings. The van der Waals surface area contributed by atoms with Gasteiger partial charge >= 0.3 is 24.1 Å². The van der Waals surface area contributed by atoms with Crippen LogP contribution in [0.5, 0.6) is 0 Å². The number of hydrogen-bond acceptors (Lipinski definition) is 8. The fraction of sp³-hybridized carbons (Fsp3) is 0.333. The molecule has 0 aromatic heterocycles. The first kappa shape index (κ1) is 18.1. The van der Waals surface area contributed by atoms with Crippen molar-refractivity contribution in [2.75, 3.05) is 14.2 Å². The molecule has 0 spiro atoms. The number of rotatable bonds is 6. The molecule has 8 heteroatoms. The summed E-state index contributed by atoms with van der Waals surface area (Å²) in [6.45, 7) is 0. The molecule has 0 heterocycles. The van der Waals surface area contributed by atoms with Crippen molar-refractivity contribution in [1.82, 2.24) is 0 Å². The van der Waals surface area contributed by atoms with E-state index in [1.165, 1.54) is 12.1 Å². The van der Waals surface area contributed by atoms with E-state index in [2.05, 4.69) is 14.2 Å². The molecule has 1 aromatic carbocycles. The van der Waals surface area contributed by atoms with Crippen molar-refractivity contribution >= 4 is 24.1 Å². The molecule has 0 radical (unpaired) electrons. The molecule has 1 aromatic rings. The van der Waals surface area contributed by atoms with Crippen LogP contribution in [0.4, 0.5) is 4.79 Å². The van der Waals surface area contributed by atoms with Crippen LogP contribution in [0.15, 0.2) is 30.3 Å². The van der Waals surface area contributed by atoms with Crippen LogP contribution in [0.2, 0.25) is 0 Å². The quantitative estimate of drug-likeness (QED) is 0.440. The third-order valence-electron chi connectivity index (χ3n) is 2.69. The van der Waals surface area contributed by atoms with Crippen molar-refractivity contribution in [3.8, 4) is 0 Å². The first-order valence-electron chi connectivity index (χ1n) is 6.57. The van der Waals surface area contributed by atoms with Gasteiger partial charge in [-0.1, -0.05) is 18.2 Å². The molecule has 0 atom stereocenters. The van der Waals surface area contributed by atoms with E-state index in [1.807, 2.05) is 0 Å². The first-order valence-corrected chi connectivity index (χ1v) is 6.57. The molecule has 0 saturated carbocycles. The molecule has 124 valence electrons. The van der Waals surface area contributed by atoms with Crippen LogP contribution in [0.3, 0.4) is 0 Å². The number of carbonyl (C=O) groups excluding carboxylic acids is 4. The Labute approximate surface area is 132 Å². The molecule has 0 aliphatic rings. The van der Waals surface area contributed by atoms with Gasteiger partial charge in [0, 0.05) is 0 Å². The average molecular weight is 324 g/mol. The number of benzene rings is 1.